The van der Waals surface area contributed by atoms with Gasteiger partial charge in [0.15, 0.2) is 0 Å². The molecule has 0 nitrogen and oxygen atoms in total. The van der Waals surface area contributed by atoms with Gasteiger partial charge in [-0.15, -0.1) is 0 Å². The van der Waals surface area contributed by atoms with E-state index in [1.165, 1.54) is 102 Å². The monoisotopic (exact) mass is 460 g/mol. The first-order chi connectivity index (χ1) is 14.2. The summed E-state index contributed by atoms with van der Waals surface area (Å²) in [6, 6.07) is 9.68. The Labute approximate surface area is 189 Å². The Hall–Kier alpha value is -0.300. The van der Waals surface area contributed by atoms with Crippen molar-refractivity contribution in [1.82, 2.24) is 0 Å². The van der Waals surface area contributed by atoms with Crippen LogP contribution in [0, 0.1) is 17.8 Å². The highest BCUT2D eigenvalue weighted by Gasteiger charge is 2.29. The van der Waals surface area contributed by atoms with E-state index < -0.39 is 0 Å². The van der Waals surface area contributed by atoms with Crippen molar-refractivity contribution in [3.8, 4) is 0 Å². The number of hydrogen-bond donors (Lipinski definition) is 0. The van der Waals surface area contributed by atoms with Crippen LogP contribution in [0.2, 0.25) is 0 Å². The van der Waals surface area contributed by atoms with Gasteiger partial charge < -0.3 is 0 Å². The van der Waals surface area contributed by atoms with Crippen LogP contribution in [0.4, 0.5) is 0 Å². The van der Waals surface area contributed by atoms with Crippen LogP contribution >= 0.6 is 15.9 Å². The Morgan fingerprint density at radius 1 is 0.793 bits per heavy atom. The minimum absolute atomic E-state index is 0.772. The molecule has 0 heterocycles. The number of halogens is 1. The fraction of sp³-hybridized carbons (Fsp3) is 0.786. The number of hydrogen-bond acceptors (Lipinski definition) is 0. The summed E-state index contributed by atoms with van der Waals surface area (Å²) in [5.74, 6) is 3.75. The molecular formula is C28H45Br. The standard InChI is InChI=1S/C28H45Br/c1-3-5-6-8-23-9-15-25(16-10-23)26-17-13-24(14-18-26)21-28(29)27-19-11-22(7-4-2)12-20-27/h9-10,15-16,22,24,26-28H,3-8,11-14,17-21H2,1-2H3/t22-,24-,26-,27-,28?. The summed E-state index contributed by atoms with van der Waals surface area (Å²) in [4.78, 5) is 0.772. The maximum atomic E-state index is 4.13. The van der Waals surface area contributed by atoms with E-state index in [0.29, 0.717) is 0 Å². The highest BCUT2D eigenvalue weighted by Crippen LogP contribution is 2.42. The molecule has 0 spiro atoms. The third kappa shape index (κ3) is 7.41. The molecule has 0 bridgehead atoms. The Morgan fingerprint density at radius 3 is 2.07 bits per heavy atom. The van der Waals surface area contributed by atoms with Gasteiger partial charge in [0.25, 0.3) is 0 Å². The average Bonchev–Trinajstić information content (AvgIpc) is 2.76. The smallest absolute Gasteiger partial charge is 0.0176 e. The van der Waals surface area contributed by atoms with Crippen molar-refractivity contribution in [2.24, 2.45) is 17.8 Å². The molecule has 1 aromatic rings. The molecule has 0 aliphatic heterocycles. The van der Waals surface area contributed by atoms with E-state index in [1.807, 2.05) is 0 Å². The Kier molecular flexibility index (Phi) is 10.1. The minimum atomic E-state index is 0.772. The maximum absolute atomic E-state index is 4.13. The predicted octanol–water partition coefficient (Wildman–Crippen LogP) is 9.45. The molecule has 2 aliphatic carbocycles. The van der Waals surface area contributed by atoms with E-state index in [2.05, 4.69) is 54.0 Å². The zero-order valence-corrected chi connectivity index (χ0v) is 20.8. The second kappa shape index (κ2) is 12.5. The van der Waals surface area contributed by atoms with Gasteiger partial charge in [-0.05, 0) is 92.6 Å². The zero-order chi connectivity index (χ0) is 20.5. The zero-order valence-electron chi connectivity index (χ0n) is 19.2. The van der Waals surface area contributed by atoms with Crippen LogP contribution in [-0.4, -0.2) is 4.83 Å². The molecule has 164 valence electrons. The molecule has 2 saturated carbocycles. The molecule has 0 amide bonds. The van der Waals surface area contributed by atoms with Gasteiger partial charge in [0.05, 0.1) is 0 Å². The number of aryl methyl sites for hydroxylation is 1. The molecule has 0 aromatic heterocycles. The quantitative estimate of drug-likeness (QED) is 0.240. The first kappa shape index (κ1) is 23.4. The molecule has 0 N–H and O–H groups in total. The summed E-state index contributed by atoms with van der Waals surface area (Å²) in [5, 5.41) is 0. The first-order valence-corrected chi connectivity index (χ1v) is 13.8. The topological polar surface area (TPSA) is 0 Å². The Bertz CT molecular complexity index is 546. The third-order valence-corrected chi connectivity index (χ3v) is 9.15. The summed E-state index contributed by atoms with van der Waals surface area (Å²) in [5.41, 5.74) is 3.14. The van der Waals surface area contributed by atoms with Gasteiger partial charge in [-0.3, -0.25) is 0 Å². The largest absolute Gasteiger partial charge is 0.0888 e. The fourth-order valence-electron chi connectivity index (χ4n) is 6.02. The molecule has 3 rings (SSSR count). The highest BCUT2D eigenvalue weighted by atomic mass is 79.9. The van der Waals surface area contributed by atoms with Crippen LogP contribution in [-0.2, 0) is 6.42 Å². The molecule has 0 radical (unpaired) electrons. The van der Waals surface area contributed by atoms with E-state index >= 15 is 0 Å². The summed E-state index contributed by atoms with van der Waals surface area (Å²) in [6.07, 6.45) is 21.1. The number of benzene rings is 1. The van der Waals surface area contributed by atoms with E-state index in [4.69, 9.17) is 0 Å². The predicted molar refractivity (Wildman–Crippen MR) is 132 cm³/mol. The number of alkyl halides is 1. The van der Waals surface area contributed by atoms with Gasteiger partial charge in [-0.1, -0.05) is 92.6 Å². The lowest BCUT2D eigenvalue weighted by Gasteiger charge is -2.35. The summed E-state index contributed by atoms with van der Waals surface area (Å²) < 4.78 is 0. The van der Waals surface area contributed by atoms with Gasteiger partial charge in [0, 0.05) is 4.83 Å². The van der Waals surface area contributed by atoms with Gasteiger partial charge in [0.1, 0.15) is 0 Å². The van der Waals surface area contributed by atoms with Gasteiger partial charge in [-0.2, -0.15) is 0 Å². The van der Waals surface area contributed by atoms with E-state index in [9.17, 15) is 0 Å². The van der Waals surface area contributed by atoms with Gasteiger partial charge in [-0.25, -0.2) is 0 Å². The van der Waals surface area contributed by atoms with Crippen molar-refractivity contribution in [1.29, 1.82) is 0 Å². The van der Waals surface area contributed by atoms with E-state index in [-0.39, 0.29) is 0 Å². The Morgan fingerprint density at radius 2 is 1.45 bits per heavy atom. The average molecular weight is 462 g/mol. The molecule has 2 fully saturated rings. The summed E-state index contributed by atoms with van der Waals surface area (Å²) in [6.45, 7) is 4.63. The molecule has 29 heavy (non-hydrogen) atoms. The van der Waals surface area contributed by atoms with Crippen molar-refractivity contribution in [3.63, 3.8) is 0 Å². The third-order valence-electron chi connectivity index (χ3n) is 8.03. The molecule has 1 atom stereocenters. The van der Waals surface area contributed by atoms with Crippen molar-refractivity contribution < 1.29 is 0 Å². The highest BCUT2D eigenvalue weighted by molar-refractivity contribution is 9.09. The summed E-state index contributed by atoms with van der Waals surface area (Å²) in [7, 11) is 0. The lowest BCUT2D eigenvalue weighted by atomic mass is 9.74. The number of unbranched alkanes of at least 4 members (excludes halogenated alkanes) is 2. The normalized spacial score (nSPS) is 28.9. The van der Waals surface area contributed by atoms with Crippen molar-refractivity contribution in [3.05, 3.63) is 35.4 Å². The van der Waals surface area contributed by atoms with Crippen LogP contribution in [0.1, 0.15) is 121 Å². The van der Waals surface area contributed by atoms with Crippen LogP contribution < -0.4 is 0 Å². The van der Waals surface area contributed by atoms with Crippen LogP contribution in [0.25, 0.3) is 0 Å². The van der Waals surface area contributed by atoms with Crippen LogP contribution in [0.5, 0.6) is 0 Å². The number of rotatable bonds is 10. The van der Waals surface area contributed by atoms with Crippen molar-refractivity contribution in [2.75, 3.05) is 0 Å². The second-order valence-corrected chi connectivity index (χ2v) is 11.4. The van der Waals surface area contributed by atoms with Gasteiger partial charge in [0.2, 0.25) is 0 Å². The van der Waals surface area contributed by atoms with Crippen molar-refractivity contribution >= 4 is 15.9 Å². The first-order valence-electron chi connectivity index (χ1n) is 12.9. The molecular weight excluding hydrogens is 416 g/mol. The second-order valence-electron chi connectivity index (χ2n) is 10.2. The Balaban J connectivity index is 1.38. The van der Waals surface area contributed by atoms with E-state index in [0.717, 1.165) is 28.5 Å². The van der Waals surface area contributed by atoms with Crippen molar-refractivity contribution in [2.45, 2.75) is 121 Å². The SMILES string of the molecule is CCCCCc1ccc([C@H]2CC[C@H](CC(Br)[C@H]3CC[C@H](CCC)CC3)CC2)cc1. The molecule has 0 saturated heterocycles. The summed E-state index contributed by atoms with van der Waals surface area (Å²) >= 11 is 4.13. The lowest BCUT2D eigenvalue weighted by Crippen LogP contribution is -2.25. The maximum Gasteiger partial charge on any atom is 0.0176 e. The molecule has 1 unspecified atom stereocenters. The molecule has 2 aliphatic rings. The van der Waals surface area contributed by atoms with Gasteiger partial charge >= 0.3 is 0 Å². The van der Waals surface area contributed by atoms with Crippen LogP contribution in [0.3, 0.4) is 0 Å². The molecule has 1 heteroatoms. The van der Waals surface area contributed by atoms with E-state index in [1.54, 1.807) is 5.56 Å². The molecule has 1 aromatic carbocycles. The minimum Gasteiger partial charge on any atom is -0.0888 e. The fourth-order valence-corrected chi connectivity index (χ4v) is 7.08. The lowest BCUT2D eigenvalue weighted by molar-refractivity contribution is 0.232. The van der Waals surface area contributed by atoms with Crippen LogP contribution in [0.15, 0.2) is 24.3 Å².